The number of carbonyl (C=O) groups excluding carboxylic acids is 3. The van der Waals surface area contributed by atoms with E-state index in [1.54, 1.807) is 24.3 Å². The molecule has 0 aliphatic carbocycles. The van der Waals surface area contributed by atoms with Crippen molar-refractivity contribution in [3.63, 3.8) is 0 Å². The first-order valence-electron chi connectivity index (χ1n) is 6.84. The molecule has 0 aliphatic heterocycles. The highest BCUT2D eigenvalue weighted by atomic mass is 16.5. The van der Waals surface area contributed by atoms with Crippen molar-refractivity contribution in [2.75, 3.05) is 18.5 Å². The topological polar surface area (TPSA) is 84.5 Å². The van der Waals surface area contributed by atoms with E-state index in [0.717, 1.165) is 6.42 Å². The molecule has 1 aromatic rings. The van der Waals surface area contributed by atoms with Crippen molar-refractivity contribution in [1.82, 2.24) is 5.32 Å². The van der Waals surface area contributed by atoms with Crippen LogP contribution in [0.1, 0.15) is 37.0 Å². The molecule has 0 spiro atoms. The molecule has 21 heavy (non-hydrogen) atoms. The molecular formula is C15H20N2O4. The number of amides is 2. The Morgan fingerprint density at radius 1 is 1.14 bits per heavy atom. The normalized spacial score (nSPS) is 9.81. The zero-order valence-electron chi connectivity index (χ0n) is 12.3. The highest BCUT2D eigenvalue weighted by molar-refractivity contribution is 5.93. The Balaban J connectivity index is 2.45. The molecule has 0 saturated carbocycles. The summed E-state index contributed by atoms with van der Waals surface area (Å²) in [5.74, 6) is -0.747. The van der Waals surface area contributed by atoms with Gasteiger partial charge >= 0.3 is 5.97 Å². The minimum Gasteiger partial charge on any atom is -0.462 e. The number of hydrogen-bond donors (Lipinski definition) is 2. The number of ether oxygens (including phenoxy) is 1. The van der Waals surface area contributed by atoms with Gasteiger partial charge in [0, 0.05) is 25.6 Å². The summed E-state index contributed by atoms with van der Waals surface area (Å²) in [7, 11) is 0. The van der Waals surface area contributed by atoms with Gasteiger partial charge in [-0.25, -0.2) is 4.79 Å². The van der Waals surface area contributed by atoms with Crippen molar-refractivity contribution in [1.29, 1.82) is 0 Å². The molecule has 114 valence electrons. The molecule has 6 heteroatoms. The van der Waals surface area contributed by atoms with Gasteiger partial charge in [0.2, 0.25) is 11.8 Å². The van der Waals surface area contributed by atoms with Crippen LogP contribution >= 0.6 is 0 Å². The van der Waals surface area contributed by atoms with E-state index in [9.17, 15) is 14.4 Å². The van der Waals surface area contributed by atoms with Gasteiger partial charge in [-0.3, -0.25) is 9.59 Å². The van der Waals surface area contributed by atoms with E-state index in [2.05, 4.69) is 10.6 Å². The Hall–Kier alpha value is -2.37. The molecule has 2 amide bonds. The van der Waals surface area contributed by atoms with E-state index in [1.165, 1.54) is 6.92 Å². The minimum absolute atomic E-state index is 0.169. The average molecular weight is 292 g/mol. The molecule has 0 aromatic heterocycles. The van der Waals surface area contributed by atoms with Gasteiger partial charge in [0.15, 0.2) is 0 Å². The molecule has 6 nitrogen and oxygen atoms in total. The van der Waals surface area contributed by atoms with Crippen LogP contribution < -0.4 is 10.6 Å². The first-order valence-corrected chi connectivity index (χ1v) is 6.84. The largest absolute Gasteiger partial charge is 0.462 e. The summed E-state index contributed by atoms with van der Waals surface area (Å²) in [5.41, 5.74) is 1.04. The standard InChI is InChI=1S/C15H20N2O4/c1-3-10-21-15(20)12-4-6-13(7-5-12)17-14(19)8-9-16-11(2)18/h4-7H,3,8-10H2,1-2H3,(H,16,18)(H,17,19). The quantitative estimate of drug-likeness (QED) is 0.749. The summed E-state index contributed by atoms with van der Waals surface area (Å²) in [5, 5.41) is 5.23. The summed E-state index contributed by atoms with van der Waals surface area (Å²) < 4.78 is 5.01. The van der Waals surface area contributed by atoms with Crippen molar-refractivity contribution in [3.8, 4) is 0 Å². The first kappa shape index (κ1) is 16.7. The SMILES string of the molecule is CCCOC(=O)c1ccc(NC(=O)CCNC(C)=O)cc1. The van der Waals surface area contributed by atoms with Gasteiger partial charge in [-0.1, -0.05) is 6.92 Å². The zero-order valence-corrected chi connectivity index (χ0v) is 12.3. The summed E-state index contributed by atoms with van der Waals surface area (Å²) in [6.07, 6.45) is 0.966. The average Bonchev–Trinajstić information content (AvgIpc) is 2.45. The summed E-state index contributed by atoms with van der Waals surface area (Å²) in [6.45, 7) is 4.00. The van der Waals surface area contributed by atoms with Gasteiger partial charge in [-0.15, -0.1) is 0 Å². The van der Waals surface area contributed by atoms with Crippen molar-refractivity contribution in [3.05, 3.63) is 29.8 Å². The number of rotatable bonds is 7. The van der Waals surface area contributed by atoms with E-state index in [0.29, 0.717) is 24.4 Å². The third-order valence-corrected chi connectivity index (χ3v) is 2.57. The highest BCUT2D eigenvalue weighted by Gasteiger charge is 2.07. The molecule has 0 radical (unpaired) electrons. The van der Waals surface area contributed by atoms with E-state index >= 15 is 0 Å². The lowest BCUT2D eigenvalue weighted by Crippen LogP contribution is -2.25. The number of nitrogens with one attached hydrogen (secondary N) is 2. The van der Waals surface area contributed by atoms with Crippen LogP contribution in [0.25, 0.3) is 0 Å². The molecule has 0 heterocycles. The van der Waals surface area contributed by atoms with Crippen LogP contribution in [0.5, 0.6) is 0 Å². The van der Waals surface area contributed by atoms with Crippen LogP contribution in [0, 0.1) is 0 Å². The number of anilines is 1. The van der Waals surface area contributed by atoms with Crippen LogP contribution in [0.2, 0.25) is 0 Å². The Morgan fingerprint density at radius 3 is 2.38 bits per heavy atom. The maximum atomic E-state index is 11.6. The fourth-order valence-electron chi connectivity index (χ4n) is 1.54. The molecule has 2 N–H and O–H groups in total. The molecule has 0 bridgehead atoms. The molecule has 0 unspecified atom stereocenters. The van der Waals surface area contributed by atoms with Crippen molar-refractivity contribution in [2.45, 2.75) is 26.7 Å². The predicted molar refractivity (Wildman–Crippen MR) is 78.9 cm³/mol. The van der Waals surface area contributed by atoms with Crippen LogP contribution in [-0.2, 0) is 14.3 Å². The van der Waals surface area contributed by atoms with E-state index < -0.39 is 0 Å². The Bertz CT molecular complexity index is 497. The van der Waals surface area contributed by atoms with Gasteiger partial charge in [0.25, 0.3) is 0 Å². The van der Waals surface area contributed by atoms with Gasteiger partial charge in [0.05, 0.1) is 12.2 Å². The second kappa shape index (κ2) is 8.73. The molecule has 1 aromatic carbocycles. The Morgan fingerprint density at radius 2 is 1.81 bits per heavy atom. The highest BCUT2D eigenvalue weighted by Crippen LogP contribution is 2.11. The summed E-state index contributed by atoms with van der Waals surface area (Å²) in [4.78, 5) is 33.9. The van der Waals surface area contributed by atoms with Crippen LogP contribution in [-0.4, -0.2) is 30.9 Å². The maximum absolute atomic E-state index is 11.6. The number of esters is 1. The fourth-order valence-corrected chi connectivity index (χ4v) is 1.54. The first-order chi connectivity index (χ1) is 10.0. The van der Waals surface area contributed by atoms with Crippen LogP contribution in [0.15, 0.2) is 24.3 Å². The second-order valence-corrected chi connectivity index (χ2v) is 4.49. The predicted octanol–water partition coefficient (Wildman–Crippen LogP) is 1.72. The third-order valence-electron chi connectivity index (χ3n) is 2.57. The number of carbonyl (C=O) groups is 3. The second-order valence-electron chi connectivity index (χ2n) is 4.49. The van der Waals surface area contributed by atoms with Crippen LogP contribution in [0.4, 0.5) is 5.69 Å². The van der Waals surface area contributed by atoms with Crippen molar-refractivity contribution < 1.29 is 19.1 Å². The van der Waals surface area contributed by atoms with Gasteiger partial charge in [-0.2, -0.15) is 0 Å². The minimum atomic E-state index is -0.375. The lowest BCUT2D eigenvalue weighted by atomic mass is 10.2. The maximum Gasteiger partial charge on any atom is 0.338 e. The van der Waals surface area contributed by atoms with E-state index in [1.807, 2.05) is 6.92 Å². The van der Waals surface area contributed by atoms with Gasteiger partial charge in [-0.05, 0) is 30.7 Å². The van der Waals surface area contributed by atoms with Gasteiger partial charge < -0.3 is 15.4 Å². The monoisotopic (exact) mass is 292 g/mol. The van der Waals surface area contributed by atoms with E-state index in [4.69, 9.17) is 4.74 Å². The molecular weight excluding hydrogens is 272 g/mol. The molecule has 0 aliphatic rings. The van der Waals surface area contributed by atoms with Crippen molar-refractivity contribution >= 4 is 23.5 Å². The zero-order chi connectivity index (χ0) is 15.7. The lowest BCUT2D eigenvalue weighted by Gasteiger charge is -2.07. The smallest absolute Gasteiger partial charge is 0.338 e. The summed E-state index contributed by atoms with van der Waals surface area (Å²) in [6, 6.07) is 6.47. The molecule has 1 rings (SSSR count). The van der Waals surface area contributed by atoms with Crippen LogP contribution in [0.3, 0.4) is 0 Å². The molecule has 0 atom stereocenters. The van der Waals surface area contributed by atoms with E-state index in [-0.39, 0.29) is 24.2 Å². The Labute approximate surface area is 123 Å². The molecule has 0 fully saturated rings. The molecule has 0 saturated heterocycles. The summed E-state index contributed by atoms with van der Waals surface area (Å²) >= 11 is 0. The van der Waals surface area contributed by atoms with Crippen molar-refractivity contribution in [2.24, 2.45) is 0 Å². The fraction of sp³-hybridized carbons (Fsp3) is 0.400. The third kappa shape index (κ3) is 6.56. The number of benzene rings is 1. The lowest BCUT2D eigenvalue weighted by molar-refractivity contribution is -0.119. The van der Waals surface area contributed by atoms with Gasteiger partial charge in [0.1, 0.15) is 0 Å². The Kier molecular flexibility index (Phi) is 6.94. The number of hydrogen-bond acceptors (Lipinski definition) is 4.